The first-order valence-corrected chi connectivity index (χ1v) is 10.4. The van der Waals surface area contributed by atoms with Crippen LogP contribution in [0.15, 0.2) is 18.2 Å². The number of hydrogen-bond acceptors (Lipinski definition) is 6. The van der Waals surface area contributed by atoms with E-state index >= 15 is 0 Å². The number of carbonyl (C=O) groups is 2. The first kappa shape index (κ1) is 18.4. The van der Waals surface area contributed by atoms with Crippen LogP contribution in [0.2, 0.25) is 0 Å². The van der Waals surface area contributed by atoms with Crippen molar-refractivity contribution in [3.05, 3.63) is 18.2 Å². The zero-order valence-corrected chi connectivity index (χ0v) is 16.7. The summed E-state index contributed by atoms with van der Waals surface area (Å²) in [6.07, 6.45) is 1.54. The summed E-state index contributed by atoms with van der Waals surface area (Å²) in [6, 6.07) is 6.60. The van der Waals surface area contributed by atoms with E-state index in [2.05, 4.69) is 37.7 Å². The fourth-order valence-corrected chi connectivity index (χ4v) is 4.69. The molecule has 3 fully saturated rings. The summed E-state index contributed by atoms with van der Waals surface area (Å²) >= 11 is 0. The number of hydrogen-bond donors (Lipinski definition) is 2. The lowest BCUT2D eigenvalue weighted by Crippen LogP contribution is -2.51. The Balaban J connectivity index is 1.35. The number of nitrogens with zero attached hydrogens (tertiary/aromatic N) is 5. The number of amides is 3. The van der Waals surface area contributed by atoms with Crippen LogP contribution in [0.3, 0.4) is 0 Å². The Morgan fingerprint density at radius 3 is 2.66 bits per heavy atom. The fraction of sp³-hybridized carbons (Fsp3) is 0.550. The Labute approximate surface area is 169 Å². The van der Waals surface area contributed by atoms with Gasteiger partial charge in [-0.2, -0.15) is 5.10 Å². The van der Waals surface area contributed by atoms with E-state index in [1.54, 1.807) is 4.90 Å². The molecule has 3 aliphatic heterocycles. The molecule has 1 unspecified atom stereocenters. The monoisotopic (exact) mass is 397 g/mol. The van der Waals surface area contributed by atoms with Crippen LogP contribution in [-0.2, 0) is 11.8 Å². The second kappa shape index (κ2) is 7.31. The number of urea groups is 1. The minimum atomic E-state index is -0.400. The summed E-state index contributed by atoms with van der Waals surface area (Å²) in [5, 5.41) is 11.3. The van der Waals surface area contributed by atoms with Crippen molar-refractivity contribution in [3.63, 3.8) is 0 Å². The minimum Gasteiger partial charge on any atom is -0.369 e. The molecule has 0 bridgehead atoms. The van der Waals surface area contributed by atoms with Crippen LogP contribution < -0.4 is 20.4 Å². The maximum Gasteiger partial charge on any atom is 0.329 e. The normalized spacial score (nSPS) is 23.8. The van der Waals surface area contributed by atoms with Gasteiger partial charge in [-0.05, 0) is 31.2 Å². The maximum atomic E-state index is 12.2. The molecule has 29 heavy (non-hydrogen) atoms. The molecular formula is C20H27N7O2. The van der Waals surface area contributed by atoms with E-state index in [0.717, 1.165) is 50.2 Å². The molecule has 154 valence electrons. The van der Waals surface area contributed by atoms with Crippen LogP contribution in [0.5, 0.6) is 0 Å². The molecule has 9 heteroatoms. The van der Waals surface area contributed by atoms with Gasteiger partial charge in [0.25, 0.3) is 0 Å². The van der Waals surface area contributed by atoms with E-state index in [4.69, 9.17) is 0 Å². The van der Waals surface area contributed by atoms with E-state index in [1.807, 2.05) is 17.8 Å². The van der Waals surface area contributed by atoms with Crippen molar-refractivity contribution >= 4 is 34.3 Å². The molecule has 3 saturated heterocycles. The largest absolute Gasteiger partial charge is 0.369 e. The average Bonchev–Trinajstić information content (AvgIpc) is 3.37. The Bertz CT molecular complexity index is 942. The summed E-state index contributed by atoms with van der Waals surface area (Å²) in [5.41, 5.74) is 2.18. The van der Waals surface area contributed by atoms with Gasteiger partial charge in [0.05, 0.1) is 5.52 Å². The molecule has 5 rings (SSSR count). The first-order chi connectivity index (χ1) is 14.1. The number of rotatable bonds is 3. The molecule has 4 heterocycles. The van der Waals surface area contributed by atoms with Crippen LogP contribution in [0.1, 0.15) is 12.8 Å². The van der Waals surface area contributed by atoms with Gasteiger partial charge >= 0.3 is 6.03 Å². The molecule has 2 aromatic rings. The molecule has 3 amide bonds. The minimum absolute atomic E-state index is 0.235. The van der Waals surface area contributed by atoms with Gasteiger partial charge in [-0.15, -0.1) is 0 Å². The summed E-state index contributed by atoms with van der Waals surface area (Å²) < 4.78 is 1.82. The molecule has 1 aromatic heterocycles. The Hall–Kier alpha value is -2.65. The molecule has 0 aliphatic carbocycles. The number of carbonyl (C=O) groups excluding carboxylic acids is 2. The fourth-order valence-electron chi connectivity index (χ4n) is 4.69. The number of piperazine rings is 1. The third-order valence-electron chi connectivity index (χ3n) is 6.36. The van der Waals surface area contributed by atoms with Gasteiger partial charge in [0, 0.05) is 69.9 Å². The number of aromatic nitrogens is 2. The van der Waals surface area contributed by atoms with E-state index < -0.39 is 6.03 Å². The van der Waals surface area contributed by atoms with Crippen molar-refractivity contribution in [2.24, 2.45) is 7.05 Å². The number of aryl methyl sites for hydroxylation is 1. The van der Waals surface area contributed by atoms with Crippen LogP contribution in [0, 0.1) is 0 Å². The Morgan fingerprint density at radius 2 is 1.93 bits per heavy atom. The van der Waals surface area contributed by atoms with E-state index in [9.17, 15) is 9.59 Å². The highest BCUT2D eigenvalue weighted by Gasteiger charge is 2.29. The van der Waals surface area contributed by atoms with Gasteiger partial charge in [0.1, 0.15) is 0 Å². The van der Waals surface area contributed by atoms with Crippen molar-refractivity contribution in [2.45, 2.75) is 18.9 Å². The van der Waals surface area contributed by atoms with Gasteiger partial charge in [0.15, 0.2) is 5.82 Å². The van der Waals surface area contributed by atoms with Crippen LogP contribution in [0.4, 0.5) is 16.3 Å². The summed E-state index contributed by atoms with van der Waals surface area (Å²) in [4.78, 5) is 30.3. The zero-order valence-electron chi connectivity index (χ0n) is 16.7. The van der Waals surface area contributed by atoms with E-state index in [1.165, 1.54) is 12.1 Å². The van der Waals surface area contributed by atoms with Gasteiger partial charge in [-0.3, -0.25) is 24.6 Å². The molecular weight excluding hydrogens is 370 g/mol. The number of anilines is 2. The SMILES string of the molecule is Cn1nc(N2CCC(=O)NC2=O)c2ccc(N3CCN(C4CCNC4)CC3)cc21. The quantitative estimate of drug-likeness (QED) is 0.785. The predicted octanol–water partition coefficient (Wildman–Crippen LogP) is 0.504. The van der Waals surface area contributed by atoms with Gasteiger partial charge < -0.3 is 10.2 Å². The standard InChI is InChI=1S/C20H27N7O2/c1-24-17-12-14(25-8-10-26(11-9-25)15-4-6-21-13-15)2-3-16(17)19(23-24)27-7-5-18(28)22-20(27)29/h2-3,12,15,21H,4-11,13H2,1H3,(H,22,28,29). The van der Waals surface area contributed by atoms with Crippen molar-refractivity contribution < 1.29 is 9.59 Å². The summed E-state index contributed by atoms with van der Waals surface area (Å²) in [6.45, 7) is 6.81. The van der Waals surface area contributed by atoms with Crippen LogP contribution >= 0.6 is 0 Å². The second-order valence-electron chi connectivity index (χ2n) is 8.07. The average molecular weight is 397 g/mol. The van der Waals surface area contributed by atoms with Gasteiger partial charge in [-0.1, -0.05) is 0 Å². The first-order valence-electron chi connectivity index (χ1n) is 10.4. The lowest BCUT2D eigenvalue weighted by atomic mass is 10.1. The van der Waals surface area contributed by atoms with Crippen molar-refractivity contribution in [2.75, 3.05) is 55.6 Å². The molecule has 3 aliphatic rings. The molecule has 2 N–H and O–H groups in total. The van der Waals surface area contributed by atoms with Gasteiger partial charge in [-0.25, -0.2) is 4.79 Å². The van der Waals surface area contributed by atoms with Crippen molar-refractivity contribution in [3.8, 4) is 0 Å². The molecule has 0 saturated carbocycles. The smallest absolute Gasteiger partial charge is 0.329 e. The Morgan fingerprint density at radius 1 is 1.10 bits per heavy atom. The maximum absolute atomic E-state index is 12.2. The highest BCUT2D eigenvalue weighted by atomic mass is 16.2. The highest BCUT2D eigenvalue weighted by Crippen LogP contribution is 2.31. The summed E-state index contributed by atoms with van der Waals surface area (Å²) in [5.74, 6) is 0.374. The third-order valence-corrected chi connectivity index (χ3v) is 6.36. The number of fused-ring (bicyclic) bond motifs is 1. The number of nitrogens with one attached hydrogen (secondary N) is 2. The third kappa shape index (κ3) is 3.34. The van der Waals surface area contributed by atoms with E-state index in [0.29, 0.717) is 24.8 Å². The number of benzene rings is 1. The highest BCUT2D eigenvalue weighted by molar-refractivity contribution is 6.09. The van der Waals surface area contributed by atoms with Crippen LogP contribution in [0.25, 0.3) is 10.9 Å². The molecule has 1 aromatic carbocycles. The molecule has 9 nitrogen and oxygen atoms in total. The lowest BCUT2D eigenvalue weighted by molar-refractivity contribution is -0.120. The molecule has 0 spiro atoms. The Kier molecular flexibility index (Phi) is 4.63. The lowest BCUT2D eigenvalue weighted by Gasteiger charge is -2.39. The van der Waals surface area contributed by atoms with Gasteiger partial charge in [0.2, 0.25) is 5.91 Å². The van der Waals surface area contributed by atoms with Crippen LogP contribution in [-0.4, -0.2) is 78.5 Å². The topological polar surface area (TPSA) is 85.7 Å². The van der Waals surface area contributed by atoms with Crippen molar-refractivity contribution in [1.82, 2.24) is 25.3 Å². The second-order valence-corrected chi connectivity index (χ2v) is 8.07. The van der Waals surface area contributed by atoms with E-state index in [-0.39, 0.29) is 5.91 Å². The molecule has 0 radical (unpaired) electrons. The number of imide groups is 1. The molecule has 1 atom stereocenters. The zero-order chi connectivity index (χ0) is 20.0. The summed E-state index contributed by atoms with van der Waals surface area (Å²) in [7, 11) is 1.90. The predicted molar refractivity (Wildman–Crippen MR) is 111 cm³/mol. The van der Waals surface area contributed by atoms with Crippen molar-refractivity contribution in [1.29, 1.82) is 0 Å².